The average molecular weight is 191 g/mol. The van der Waals surface area contributed by atoms with Crippen LogP contribution in [0.4, 0.5) is 0 Å². The van der Waals surface area contributed by atoms with Crippen LogP contribution < -0.4 is 5.32 Å². The van der Waals surface area contributed by atoms with Crippen molar-refractivity contribution in [3.8, 4) is 0 Å². The molecule has 1 N–H and O–H groups in total. The van der Waals surface area contributed by atoms with Crippen LogP contribution in [0.3, 0.4) is 0 Å². The van der Waals surface area contributed by atoms with Gasteiger partial charge in [0.1, 0.15) is 0 Å². The summed E-state index contributed by atoms with van der Waals surface area (Å²) in [5.74, 6) is 0. The summed E-state index contributed by atoms with van der Waals surface area (Å²) in [5.41, 5.74) is 2.63. The third-order valence-electron chi connectivity index (χ3n) is 2.62. The van der Waals surface area contributed by atoms with E-state index in [-0.39, 0.29) is 0 Å². The largest absolute Gasteiger partial charge is 0.378 e. The van der Waals surface area contributed by atoms with Crippen molar-refractivity contribution in [1.29, 1.82) is 0 Å². The summed E-state index contributed by atoms with van der Waals surface area (Å²) in [6, 6.07) is 9.46. The van der Waals surface area contributed by atoms with E-state index < -0.39 is 0 Å². The molecule has 76 valence electrons. The normalized spacial score (nSPS) is 27.6. The third-order valence-corrected chi connectivity index (χ3v) is 2.62. The molecule has 2 rings (SSSR count). The SMILES string of the molecule is Cc1ccc(C2COCC(C)N2)cc1. The topological polar surface area (TPSA) is 21.3 Å². The van der Waals surface area contributed by atoms with Crippen molar-refractivity contribution in [2.45, 2.75) is 25.9 Å². The van der Waals surface area contributed by atoms with Crippen molar-refractivity contribution in [3.05, 3.63) is 35.4 Å². The van der Waals surface area contributed by atoms with E-state index in [4.69, 9.17) is 4.74 Å². The second-order valence-corrected chi connectivity index (χ2v) is 4.07. The predicted molar refractivity (Wildman–Crippen MR) is 57.3 cm³/mol. The van der Waals surface area contributed by atoms with Crippen LogP contribution >= 0.6 is 0 Å². The first-order valence-corrected chi connectivity index (χ1v) is 5.16. The molecule has 1 heterocycles. The summed E-state index contributed by atoms with van der Waals surface area (Å²) in [4.78, 5) is 0. The van der Waals surface area contributed by atoms with E-state index in [1.54, 1.807) is 0 Å². The Hall–Kier alpha value is -0.860. The summed E-state index contributed by atoms with van der Waals surface area (Å²) in [6.45, 7) is 5.87. The number of aryl methyl sites for hydroxylation is 1. The first kappa shape index (κ1) is 9.69. The summed E-state index contributed by atoms with van der Waals surface area (Å²) >= 11 is 0. The molecule has 0 aromatic heterocycles. The Bertz CT molecular complexity index is 294. The third kappa shape index (κ3) is 2.14. The zero-order valence-electron chi connectivity index (χ0n) is 8.79. The van der Waals surface area contributed by atoms with Gasteiger partial charge in [0.25, 0.3) is 0 Å². The molecule has 0 spiro atoms. The van der Waals surface area contributed by atoms with Crippen molar-refractivity contribution < 1.29 is 4.74 Å². The molecule has 2 nitrogen and oxygen atoms in total. The Morgan fingerprint density at radius 1 is 1.21 bits per heavy atom. The van der Waals surface area contributed by atoms with Crippen molar-refractivity contribution in [2.75, 3.05) is 13.2 Å². The Morgan fingerprint density at radius 3 is 2.57 bits per heavy atom. The van der Waals surface area contributed by atoms with Gasteiger partial charge in [-0.3, -0.25) is 0 Å². The molecule has 2 unspecified atom stereocenters. The smallest absolute Gasteiger partial charge is 0.0662 e. The fraction of sp³-hybridized carbons (Fsp3) is 0.500. The number of benzene rings is 1. The molecule has 1 aliphatic rings. The maximum Gasteiger partial charge on any atom is 0.0662 e. The van der Waals surface area contributed by atoms with E-state index in [0.29, 0.717) is 12.1 Å². The highest BCUT2D eigenvalue weighted by Crippen LogP contribution is 2.17. The summed E-state index contributed by atoms with van der Waals surface area (Å²) < 4.78 is 5.52. The van der Waals surface area contributed by atoms with Crippen molar-refractivity contribution >= 4 is 0 Å². The van der Waals surface area contributed by atoms with Crippen LogP contribution in [0.5, 0.6) is 0 Å². The molecule has 1 saturated heterocycles. The first-order chi connectivity index (χ1) is 6.75. The van der Waals surface area contributed by atoms with Gasteiger partial charge in [-0.25, -0.2) is 0 Å². The Morgan fingerprint density at radius 2 is 1.93 bits per heavy atom. The standard InChI is InChI=1S/C12H17NO/c1-9-3-5-11(6-4-9)12-8-14-7-10(2)13-12/h3-6,10,12-13H,7-8H2,1-2H3. The van der Waals surface area contributed by atoms with Crippen LogP contribution in [0.25, 0.3) is 0 Å². The molecule has 0 radical (unpaired) electrons. The van der Waals surface area contributed by atoms with Gasteiger partial charge in [0.05, 0.1) is 19.3 Å². The van der Waals surface area contributed by atoms with E-state index in [1.807, 2.05) is 0 Å². The highest BCUT2D eigenvalue weighted by molar-refractivity contribution is 5.24. The first-order valence-electron chi connectivity index (χ1n) is 5.16. The van der Waals surface area contributed by atoms with Crippen molar-refractivity contribution in [3.63, 3.8) is 0 Å². The van der Waals surface area contributed by atoms with Gasteiger partial charge in [0.15, 0.2) is 0 Å². The van der Waals surface area contributed by atoms with Gasteiger partial charge in [-0.05, 0) is 19.4 Å². The molecule has 1 fully saturated rings. The number of hydrogen-bond donors (Lipinski definition) is 1. The van der Waals surface area contributed by atoms with Crippen LogP contribution in [-0.2, 0) is 4.74 Å². The van der Waals surface area contributed by atoms with Gasteiger partial charge in [-0.1, -0.05) is 29.8 Å². The number of ether oxygens (including phenoxy) is 1. The minimum atomic E-state index is 0.361. The van der Waals surface area contributed by atoms with Gasteiger partial charge in [-0.2, -0.15) is 0 Å². The molecule has 0 aliphatic carbocycles. The fourth-order valence-corrected chi connectivity index (χ4v) is 1.79. The molecule has 0 bridgehead atoms. The number of rotatable bonds is 1. The second-order valence-electron chi connectivity index (χ2n) is 4.07. The molecular formula is C12H17NO. The Balaban J connectivity index is 2.10. The van der Waals surface area contributed by atoms with Gasteiger partial charge in [0, 0.05) is 6.04 Å². The average Bonchev–Trinajstić information content (AvgIpc) is 2.19. The maximum absolute atomic E-state index is 5.52. The fourth-order valence-electron chi connectivity index (χ4n) is 1.79. The monoisotopic (exact) mass is 191 g/mol. The minimum absolute atomic E-state index is 0.361. The van der Waals surface area contributed by atoms with Gasteiger partial charge < -0.3 is 10.1 Å². The lowest BCUT2D eigenvalue weighted by Gasteiger charge is -2.29. The van der Waals surface area contributed by atoms with E-state index in [2.05, 4.69) is 43.4 Å². The number of nitrogens with one attached hydrogen (secondary N) is 1. The molecule has 2 atom stereocenters. The van der Waals surface area contributed by atoms with Gasteiger partial charge >= 0.3 is 0 Å². The lowest BCUT2D eigenvalue weighted by atomic mass is 10.0. The highest BCUT2D eigenvalue weighted by Gasteiger charge is 2.19. The molecule has 1 aromatic carbocycles. The molecule has 1 aliphatic heterocycles. The second kappa shape index (κ2) is 4.11. The lowest BCUT2D eigenvalue weighted by Crippen LogP contribution is -2.41. The summed E-state index contributed by atoms with van der Waals surface area (Å²) in [5, 5.41) is 3.53. The molecule has 0 saturated carbocycles. The van der Waals surface area contributed by atoms with Gasteiger partial charge in [0.2, 0.25) is 0 Å². The quantitative estimate of drug-likeness (QED) is 0.733. The number of morpholine rings is 1. The van der Waals surface area contributed by atoms with Gasteiger partial charge in [-0.15, -0.1) is 0 Å². The lowest BCUT2D eigenvalue weighted by molar-refractivity contribution is 0.0504. The highest BCUT2D eigenvalue weighted by atomic mass is 16.5. The van der Waals surface area contributed by atoms with Crippen LogP contribution in [0.15, 0.2) is 24.3 Å². The molecule has 0 amide bonds. The molecular weight excluding hydrogens is 174 g/mol. The minimum Gasteiger partial charge on any atom is -0.378 e. The van der Waals surface area contributed by atoms with Crippen molar-refractivity contribution in [2.24, 2.45) is 0 Å². The van der Waals surface area contributed by atoms with Crippen LogP contribution in [0.1, 0.15) is 24.1 Å². The Labute approximate surface area is 85.3 Å². The van der Waals surface area contributed by atoms with Crippen LogP contribution in [-0.4, -0.2) is 19.3 Å². The number of hydrogen-bond acceptors (Lipinski definition) is 2. The van der Waals surface area contributed by atoms with E-state index in [0.717, 1.165) is 13.2 Å². The summed E-state index contributed by atoms with van der Waals surface area (Å²) in [6.07, 6.45) is 0. The maximum atomic E-state index is 5.52. The molecule has 1 aromatic rings. The predicted octanol–water partition coefficient (Wildman–Crippen LogP) is 2.04. The molecule has 2 heteroatoms. The summed E-state index contributed by atoms with van der Waals surface area (Å²) in [7, 11) is 0. The molecule has 14 heavy (non-hydrogen) atoms. The van der Waals surface area contributed by atoms with Crippen LogP contribution in [0, 0.1) is 6.92 Å². The van der Waals surface area contributed by atoms with E-state index >= 15 is 0 Å². The zero-order chi connectivity index (χ0) is 9.97. The zero-order valence-corrected chi connectivity index (χ0v) is 8.79. The van der Waals surface area contributed by atoms with E-state index in [9.17, 15) is 0 Å². The Kier molecular flexibility index (Phi) is 2.85. The van der Waals surface area contributed by atoms with E-state index in [1.165, 1.54) is 11.1 Å². The van der Waals surface area contributed by atoms with Crippen molar-refractivity contribution in [1.82, 2.24) is 5.32 Å². The van der Waals surface area contributed by atoms with Crippen LogP contribution in [0.2, 0.25) is 0 Å².